The van der Waals surface area contributed by atoms with Crippen LogP contribution in [0.15, 0.2) is 63.9 Å². The summed E-state index contributed by atoms with van der Waals surface area (Å²) in [4.78, 5) is 12.3. The summed E-state index contributed by atoms with van der Waals surface area (Å²) in [6.45, 7) is 1.89. The van der Waals surface area contributed by atoms with Crippen molar-refractivity contribution in [3.05, 3.63) is 60.2 Å². The van der Waals surface area contributed by atoms with Crippen molar-refractivity contribution in [1.29, 1.82) is 0 Å². The number of carbonyl (C=O) groups excluding carboxylic acids is 1. The van der Waals surface area contributed by atoms with Gasteiger partial charge in [0.1, 0.15) is 0 Å². The first-order chi connectivity index (χ1) is 12.9. The van der Waals surface area contributed by atoms with Crippen LogP contribution in [-0.4, -0.2) is 30.3 Å². The van der Waals surface area contributed by atoms with E-state index in [2.05, 4.69) is 15.5 Å². The Kier molecular flexibility index (Phi) is 5.66. The highest BCUT2D eigenvalue weighted by molar-refractivity contribution is 7.91. The van der Waals surface area contributed by atoms with Gasteiger partial charge in [-0.2, -0.15) is 0 Å². The summed E-state index contributed by atoms with van der Waals surface area (Å²) in [5.74, 6) is -0.187. The maximum atomic E-state index is 12.3. The molecule has 27 heavy (non-hydrogen) atoms. The SMILES string of the molecule is Cc1ccc(S(=O)(=O)CCCC(=O)Nc2nnc(-c3ccccc3)o2)cc1. The molecule has 0 radical (unpaired) electrons. The number of aryl methyl sites for hydroxylation is 1. The molecule has 0 saturated heterocycles. The van der Waals surface area contributed by atoms with E-state index in [1.165, 1.54) is 0 Å². The standard InChI is InChI=1S/C19H19N3O4S/c1-14-9-11-16(12-10-14)27(24,25)13-5-8-17(23)20-19-22-21-18(26-19)15-6-3-2-4-7-15/h2-4,6-7,9-12H,5,8,13H2,1H3,(H,20,22,23). The summed E-state index contributed by atoms with van der Waals surface area (Å²) in [6, 6.07) is 15.8. The van der Waals surface area contributed by atoms with E-state index in [4.69, 9.17) is 4.42 Å². The topological polar surface area (TPSA) is 102 Å². The summed E-state index contributed by atoms with van der Waals surface area (Å²) < 4.78 is 29.9. The minimum absolute atomic E-state index is 0.0137. The molecular weight excluding hydrogens is 366 g/mol. The molecule has 0 atom stereocenters. The van der Waals surface area contributed by atoms with Gasteiger partial charge in [0, 0.05) is 12.0 Å². The number of benzene rings is 2. The molecule has 8 heteroatoms. The van der Waals surface area contributed by atoms with E-state index in [1.54, 1.807) is 24.3 Å². The third-order valence-corrected chi connectivity index (χ3v) is 5.71. The maximum Gasteiger partial charge on any atom is 0.322 e. The molecule has 0 spiro atoms. The second-order valence-electron chi connectivity index (χ2n) is 6.06. The van der Waals surface area contributed by atoms with Crippen LogP contribution in [0.1, 0.15) is 18.4 Å². The predicted octanol–water partition coefficient (Wildman–Crippen LogP) is 3.24. The van der Waals surface area contributed by atoms with Crippen molar-refractivity contribution >= 4 is 21.8 Å². The van der Waals surface area contributed by atoms with E-state index >= 15 is 0 Å². The molecule has 0 aliphatic carbocycles. The number of hydrogen-bond acceptors (Lipinski definition) is 6. The Morgan fingerprint density at radius 2 is 1.74 bits per heavy atom. The van der Waals surface area contributed by atoms with Gasteiger partial charge in [-0.15, -0.1) is 5.10 Å². The average molecular weight is 385 g/mol. The van der Waals surface area contributed by atoms with Gasteiger partial charge in [-0.05, 0) is 37.6 Å². The third-order valence-electron chi connectivity index (χ3n) is 3.89. The zero-order chi connectivity index (χ0) is 19.3. The lowest BCUT2D eigenvalue weighted by Gasteiger charge is -2.05. The van der Waals surface area contributed by atoms with Crippen LogP contribution in [0, 0.1) is 6.92 Å². The normalized spacial score (nSPS) is 11.3. The van der Waals surface area contributed by atoms with Crippen molar-refractivity contribution < 1.29 is 17.6 Å². The molecule has 2 aromatic carbocycles. The molecule has 1 aromatic heterocycles. The lowest BCUT2D eigenvalue weighted by atomic mass is 10.2. The van der Waals surface area contributed by atoms with Crippen molar-refractivity contribution in [3.8, 4) is 11.5 Å². The van der Waals surface area contributed by atoms with E-state index in [0.717, 1.165) is 11.1 Å². The number of amides is 1. The summed E-state index contributed by atoms with van der Waals surface area (Å²) in [5.41, 5.74) is 1.73. The van der Waals surface area contributed by atoms with Gasteiger partial charge in [-0.3, -0.25) is 10.1 Å². The fourth-order valence-electron chi connectivity index (χ4n) is 2.44. The summed E-state index contributed by atoms with van der Waals surface area (Å²) >= 11 is 0. The van der Waals surface area contributed by atoms with Gasteiger partial charge in [-0.1, -0.05) is 41.0 Å². The molecule has 1 N–H and O–H groups in total. The van der Waals surface area contributed by atoms with Crippen LogP contribution in [0.2, 0.25) is 0 Å². The lowest BCUT2D eigenvalue weighted by molar-refractivity contribution is -0.116. The Bertz CT molecular complexity index is 1010. The minimum atomic E-state index is -3.41. The van der Waals surface area contributed by atoms with Crippen LogP contribution < -0.4 is 5.32 Å². The van der Waals surface area contributed by atoms with Crippen LogP contribution >= 0.6 is 0 Å². The second-order valence-corrected chi connectivity index (χ2v) is 8.17. The van der Waals surface area contributed by atoms with Gasteiger partial charge in [-0.25, -0.2) is 8.42 Å². The molecule has 1 heterocycles. The van der Waals surface area contributed by atoms with Crippen molar-refractivity contribution in [2.75, 3.05) is 11.1 Å². The van der Waals surface area contributed by atoms with E-state index in [9.17, 15) is 13.2 Å². The molecule has 0 aliphatic rings. The van der Waals surface area contributed by atoms with Gasteiger partial charge >= 0.3 is 6.01 Å². The number of nitrogens with one attached hydrogen (secondary N) is 1. The molecule has 7 nitrogen and oxygen atoms in total. The van der Waals surface area contributed by atoms with Crippen LogP contribution in [0.5, 0.6) is 0 Å². The number of anilines is 1. The number of nitrogens with zero attached hydrogens (tertiary/aromatic N) is 2. The Hall–Kier alpha value is -3.00. The molecule has 3 aromatic rings. The van der Waals surface area contributed by atoms with Crippen LogP contribution in [0.25, 0.3) is 11.5 Å². The van der Waals surface area contributed by atoms with Gasteiger partial charge in [0.15, 0.2) is 9.84 Å². The number of sulfone groups is 1. The highest BCUT2D eigenvalue weighted by Gasteiger charge is 2.16. The zero-order valence-electron chi connectivity index (χ0n) is 14.8. The highest BCUT2D eigenvalue weighted by Crippen LogP contribution is 2.19. The molecule has 140 valence electrons. The summed E-state index contributed by atoms with van der Waals surface area (Å²) in [5, 5.41) is 10.1. The third kappa shape index (κ3) is 5.01. The van der Waals surface area contributed by atoms with Crippen molar-refractivity contribution in [2.24, 2.45) is 0 Å². The van der Waals surface area contributed by atoms with Gasteiger partial charge in [0.25, 0.3) is 0 Å². The number of hydrogen-bond donors (Lipinski definition) is 1. The Balaban J connectivity index is 1.51. The van der Waals surface area contributed by atoms with E-state index in [1.807, 2.05) is 37.3 Å². The van der Waals surface area contributed by atoms with Gasteiger partial charge < -0.3 is 4.42 Å². The first kappa shape index (κ1) is 18.8. The minimum Gasteiger partial charge on any atom is -0.403 e. The number of aromatic nitrogens is 2. The Morgan fingerprint density at radius 3 is 2.44 bits per heavy atom. The Morgan fingerprint density at radius 1 is 1.04 bits per heavy atom. The van der Waals surface area contributed by atoms with Crippen molar-refractivity contribution in [3.63, 3.8) is 0 Å². The molecule has 0 bridgehead atoms. The van der Waals surface area contributed by atoms with E-state index in [-0.39, 0.29) is 35.4 Å². The van der Waals surface area contributed by atoms with Crippen LogP contribution in [0.4, 0.5) is 6.01 Å². The molecule has 1 amide bonds. The smallest absolute Gasteiger partial charge is 0.322 e. The molecule has 0 saturated carbocycles. The first-order valence-electron chi connectivity index (χ1n) is 8.42. The monoisotopic (exact) mass is 385 g/mol. The summed E-state index contributed by atoms with van der Waals surface area (Å²) in [6.07, 6.45) is 0.232. The van der Waals surface area contributed by atoms with Crippen molar-refractivity contribution in [2.45, 2.75) is 24.7 Å². The predicted molar refractivity (Wildman–Crippen MR) is 101 cm³/mol. The van der Waals surface area contributed by atoms with E-state index in [0.29, 0.717) is 5.89 Å². The van der Waals surface area contributed by atoms with Crippen molar-refractivity contribution in [1.82, 2.24) is 10.2 Å². The number of rotatable bonds is 7. The molecule has 0 aliphatic heterocycles. The average Bonchev–Trinajstić information content (AvgIpc) is 3.11. The second kappa shape index (κ2) is 8.13. The zero-order valence-corrected chi connectivity index (χ0v) is 15.6. The molecule has 0 unspecified atom stereocenters. The van der Waals surface area contributed by atoms with E-state index < -0.39 is 9.84 Å². The van der Waals surface area contributed by atoms with Crippen LogP contribution in [-0.2, 0) is 14.6 Å². The quantitative estimate of drug-likeness (QED) is 0.670. The maximum absolute atomic E-state index is 12.3. The molecule has 3 rings (SSSR count). The largest absolute Gasteiger partial charge is 0.403 e. The number of carbonyl (C=O) groups is 1. The first-order valence-corrected chi connectivity index (χ1v) is 10.1. The molecule has 0 fully saturated rings. The lowest BCUT2D eigenvalue weighted by Crippen LogP contribution is -2.14. The fraction of sp³-hybridized carbons (Fsp3) is 0.211. The highest BCUT2D eigenvalue weighted by atomic mass is 32.2. The fourth-order valence-corrected chi connectivity index (χ4v) is 3.75. The van der Waals surface area contributed by atoms with Crippen LogP contribution in [0.3, 0.4) is 0 Å². The van der Waals surface area contributed by atoms with Gasteiger partial charge in [0.2, 0.25) is 11.8 Å². The Labute approximate surface area is 157 Å². The van der Waals surface area contributed by atoms with Gasteiger partial charge in [0.05, 0.1) is 10.6 Å². The molecular formula is C19H19N3O4S. The summed E-state index contributed by atoms with van der Waals surface area (Å²) in [7, 11) is -3.41.